The Kier molecular flexibility index (Phi) is 6.53. The van der Waals surface area contributed by atoms with Crippen LogP contribution in [0, 0.1) is 0 Å². The molecule has 0 saturated carbocycles. The lowest BCUT2D eigenvalue weighted by Gasteiger charge is -2.12. The van der Waals surface area contributed by atoms with E-state index in [1.807, 2.05) is 72.8 Å². The summed E-state index contributed by atoms with van der Waals surface area (Å²) in [7, 11) is 0. The Hall–Kier alpha value is -6.06. The van der Waals surface area contributed by atoms with E-state index < -0.39 is 0 Å². The molecule has 3 aromatic heterocycles. The van der Waals surface area contributed by atoms with Gasteiger partial charge in [0.15, 0.2) is 0 Å². The maximum absolute atomic E-state index is 8.82. The molecule has 0 spiro atoms. The first-order chi connectivity index (χ1) is 22.7. The number of hydrogen-bond donors (Lipinski definition) is 0. The molecular weight excluding hydrogens is 546 g/mol. The van der Waals surface area contributed by atoms with E-state index >= 15 is 0 Å². The molecule has 0 aliphatic heterocycles. The molecule has 212 valence electrons. The summed E-state index contributed by atoms with van der Waals surface area (Å²) in [4.78, 5) is 10.1. The molecule has 0 unspecified atom stereocenters. The third-order valence-corrected chi connectivity index (χ3v) is 8.13. The van der Waals surface area contributed by atoms with Crippen molar-refractivity contribution in [3.63, 3.8) is 0 Å². The molecule has 0 bridgehead atoms. The lowest BCUT2D eigenvalue weighted by Crippen LogP contribution is -1.91. The molecule has 0 amide bonds. The van der Waals surface area contributed by atoms with Gasteiger partial charge in [0.1, 0.15) is 5.65 Å². The lowest BCUT2D eigenvalue weighted by molar-refractivity contribution is 1.19. The van der Waals surface area contributed by atoms with Crippen molar-refractivity contribution in [2.45, 2.75) is 0 Å². The zero-order valence-corrected chi connectivity index (χ0v) is 24.5. The lowest BCUT2D eigenvalue weighted by atomic mass is 9.95. The van der Waals surface area contributed by atoms with Crippen LogP contribution in [0.2, 0.25) is 0 Å². The molecule has 0 atom stereocenters. The molecule has 3 heteroatoms. The third kappa shape index (κ3) is 5.21. The van der Waals surface area contributed by atoms with Crippen molar-refractivity contribution >= 4 is 5.65 Å². The Morgan fingerprint density at radius 3 is 1.58 bits per heavy atom. The largest absolute Gasteiger partial charge is 0.299 e. The summed E-state index contributed by atoms with van der Waals surface area (Å²) in [5.74, 6) is 0. The van der Waals surface area contributed by atoms with Crippen molar-refractivity contribution in [3.8, 4) is 67.3 Å². The number of aromatic nitrogens is 3. The van der Waals surface area contributed by atoms with E-state index in [0.29, 0.717) is 6.04 Å². The van der Waals surface area contributed by atoms with Gasteiger partial charge in [-0.15, -0.1) is 0 Å². The normalized spacial score (nSPS) is 11.4. The highest BCUT2D eigenvalue weighted by atomic mass is 15.0. The molecule has 3 nitrogen and oxygen atoms in total. The Balaban J connectivity index is 1.25. The van der Waals surface area contributed by atoms with Crippen LogP contribution in [0.4, 0.5) is 0 Å². The van der Waals surface area contributed by atoms with Gasteiger partial charge in [-0.05, 0) is 58.7 Å². The average Bonchev–Trinajstić information content (AvgIpc) is 3.52. The number of hydrogen-bond acceptors (Lipinski definition) is 2. The van der Waals surface area contributed by atoms with Crippen LogP contribution < -0.4 is 0 Å². The Labute approximate surface area is 264 Å². The van der Waals surface area contributed by atoms with Gasteiger partial charge in [0.25, 0.3) is 0 Å². The highest BCUT2D eigenvalue weighted by Gasteiger charge is 2.16. The van der Waals surface area contributed by atoms with Crippen LogP contribution in [-0.4, -0.2) is 14.4 Å². The van der Waals surface area contributed by atoms with Crippen molar-refractivity contribution in [3.05, 3.63) is 176 Å². The molecule has 0 N–H and O–H groups in total. The van der Waals surface area contributed by atoms with E-state index in [9.17, 15) is 0 Å². The van der Waals surface area contributed by atoms with E-state index in [4.69, 9.17) is 11.3 Å². The van der Waals surface area contributed by atoms with E-state index in [0.717, 1.165) is 72.9 Å². The first-order valence-electron chi connectivity index (χ1n) is 15.6. The van der Waals surface area contributed by atoms with Gasteiger partial charge in [0, 0.05) is 28.5 Å². The SMILES string of the molecule is [2H]c1cc(-c2cccc(-c3nc4ccccn4c3-c3ccccc3)c2)cc(-c2cc(-c3ccccc3)nc(-c3ccccc3)c2)c1. The minimum Gasteiger partial charge on any atom is -0.299 e. The number of fused-ring (bicyclic) bond motifs is 1. The van der Waals surface area contributed by atoms with Gasteiger partial charge in [-0.2, -0.15) is 0 Å². The molecule has 3 heterocycles. The molecule has 0 aliphatic rings. The van der Waals surface area contributed by atoms with Crippen LogP contribution in [0.5, 0.6) is 0 Å². The number of benzene rings is 5. The summed E-state index contributed by atoms with van der Waals surface area (Å²) in [6, 6.07) is 56.3. The van der Waals surface area contributed by atoms with Gasteiger partial charge in [0.05, 0.1) is 24.1 Å². The van der Waals surface area contributed by atoms with Crippen molar-refractivity contribution in [1.82, 2.24) is 14.4 Å². The van der Waals surface area contributed by atoms with Crippen LogP contribution in [0.3, 0.4) is 0 Å². The summed E-state index contributed by atoms with van der Waals surface area (Å²) in [5.41, 5.74) is 12.9. The Morgan fingerprint density at radius 1 is 0.400 bits per heavy atom. The van der Waals surface area contributed by atoms with Gasteiger partial charge >= 0.3 is 0 Å². The topological polar surface area (TPSA) is 30.2 Å². The van der Waals surface area contributed by atoms with E-state index in [-0.39, 0.29) is 0 Å². The molecule has 5 aromatic carbocycles. The van der Waals surface area contributed by atoms with E-state index in [1.54, 1.807) is 0 Å². The second-order valence-electron chi connectivity index (χ2n) is 11.1. The standard InChI is InChI=1S/C42H29N3/c1-4-14-30(15-5-1)38-28-37(29-39(43-38)31-16-6-2-7-17-31)35-22-12-20-33(26-35)34-21-13-23-36(27-34)41-42(32-18-8-3-9-19-32)45-25-11-10-24-40(45)44-41/h1-29H/i12D. The first-order valence-corrected chi connectivity index (χ1v) is 15.1. The fourth-order valence-electron chi connectivity index (χ4n) is 5.93. The highest BCUT2D eigenvalue weighted by molar-refractivity contribution is 5.85. The minimum atomic E-state index is 0.454. The predicted octanol–water partition coefficient (Wildman–Crippen LogP) is 10.7. The van der Waals surface area contributed by atoms with Crippen molar-refractivity contribution in [1.29, 1.82) is 0 Å². The van der Waals surface area contributed by atoms with Crippen LogP contribution in [-0.2, 0) is 0 Å². The zero-order chi connectivity index (χ0) is 30.9. The molecule has 8 aromatic rings. The number of imidazole rings is 1. The van der Waals surface area contributed by atoms with Gasteiger partial charge in [0.2, 0.25) is 0 Å². The fourth-order valence-corrected chi connectivity index (χ4v) is 5.93. The molecule has 45 heavy (non-hydrogen) atoms. The maximum atomic E-state index is 8.82. The summed E-state index contributed by atoms with van der Waals surface area (Å²) < 4.78 is 11.0. The van der Waals surface area contributed by atoms with Crippen LogP contribution >= 0.6 is 0 Å². The summed E-state index contributed by atoms with van der Waals surface area (Å²) in [6.07, 6.45) is 2.07. The van der Waals surface area contributed by atoms with Gasteiger partial charge in [-0.1, -0.05) is 133 Å². The van der Waals surface area contributed by atoms with Crippen LogP contribution in [0.25, 0.3) is 72.9 Å². The zero-order valence-electron chi connectivity index (χ0n) is 25.5. The maximum Gasteiger partial charge on any atom is 0.137 e. The van der Waals surface area contributed by atoms with Gasteiger partial charge in [-0.25, -0.2) is 9.97 Å². The monoisotopic (exact) mass is 576 g/mol. The Morgan fingerprint density at radius 2 is 0.911 bits per heavy atom. The highest BCUT2D eigenvalue weighted by Crippen LogP contribution is 2.36. The second-order valence-corrected chi connectivity index (χ2v) is 11.1. The molecule has 8 rings (SSSR count). The van der Waals surface area contributed by atoms with E-state index in [2.05, 4.69) is 102 Å². The number of nitrogens with zero attached hydrogens (tertiary/aromatic N) is 3. The van der Waals surface area contributed by atoms with Crippen LogP contribution in [0.15, 0.2) is 176 Å². The van der Waals surface area contributed by atoms with Crippen molar-refractivity contribution in [2.75, 3.05) is 0 Å². The summed E-state index contributed by atoms with van der Waals surface area (Å²) in [6.45, 7) is 0. The predicted molar refractivity (Wildman–Crippen MR) is 186 cm³/mol. The summed E-state index contributed by atoms with van der Waals surface area (Å²) >= 11 is 0. The second kappa shape index (κ2) is 11.6. The van der Waals surface area contributed by atoms with Crippen molar-refractivity contribution < 1.29 is 1.37 Å². The van der Waals surface area contributed by atoms with Gasteiger partial charge < -0.3 is 0 Å². The third-order valence-electron chi connectivity index (χ3n) is 8.13. The number of pyridine rings is 2. The smallest absolute Gasteiger partial charge is 0.137 e. The Bertz CT molecular complexity index is 2250. The minimum absolute atomic E-state index is 0.454. The first kappa shape index (κ1) is 25.4. The number of rotatable bonds is 6. The fraction of sp³-hybridized carbons (Fsp3) is 0. The van der Waals surface area contributed by atoms with Gasteiger partial charge in [-0.3, -0.25) is 4.40 Å². The molecule has 0 radical (unpaired) electrons. The van der Waals surface area contributed by atoms with E-state index in [1.165, 1.54) is 0 Å². The molecule has 0 saturated heterocycles. The summed E-state index contributed by atoms with van der Waals surface area (Å²) in [5, 5.41) is 0. The molecule has 0 fully saturated rings. The van der Waals surface area contributed by atoms with Crippen molar-refractivity contribution in [2.24, 2.45) is 0 Å². The quantitative estimate of drug-likeness (QED) is 0.197. The molecule has 0 aliphatic carbocycles. The van der Waals surface area contributed by atoms with Crippen LogP contribution in [0.1, 0.15) is 1.37 Å². The molecular formula is C42H29N3. The average molecular weight is 577 g/mol.